The Balaban J connectivity index is 2.07. The molecule has 0 bridgehead atoms. The van der Waals surface area contributed by atoms with Gasteiger partial charge in [0.15, 0.2) is 5.96 Å². The molecule has 0 aliphatic carbocycles. The molecule has 1 aliphatic heterocycles. The minimum absolute atomic E-state index is 0.490. The molecule has 4 heteroatoms. The molecule has 110 valence electrons. The number of nitrogens with two attached hydrogens (primary N) is 1. The van der Waals surface area contributed by atoms with Gasteiger partial charge in [-0.3, -0.25) is 4.90 Å². The Morgan fingerprint density at radius 3 is 2.95 bits per heavy atom. The number of rotatable bonds is 6. The molecule has 0 radical (unpaired) electrons. The van der Waals surface area contributed by atoms with Gasteiger partial charge in [0.1, 0.15) is 0 Å². The molecule has 1 aromatic rings. The van der Waals surface area contributed by atoms with E-state index in [1.54, 1.807) is 0 Å². The number of nitrogens with zero attached hydrogens (tertiary/aromatic N) is 2. The summed E-state index contributed by atoms with van der Waals surface area (Å²) < 4.78 is 0. The fraction of sp³-hybridized carbons (Fsp3) is 0.562. The van der Waals surface area contributed by atoms with Gasteiger partial charge >= 0.3 is 0 Å². The third-order valence-corrected chi connectivity index (χ3v) is 3.84. The van der Waals surface area contributed by atoms with Crippen molar-refractivity contribution in [3.05, 3.63) is 35.4 Å². The molecule has 3 N–H and O–H groups in total. The van der Waals surface area contributed by atoms with Gasteiger partial charge in [-0.25, -0.2) is 4.99 Å². The van der Waals surface area contributed by atoms with Gasteiger partial charge in [0, 0.05) is 19.1 Å². The van der Waals surface area contributed by atoms with Gasteiger partial charge in [0.25, 0.3) is 0 Å². The Hall–Kier alpha value is -1.55. The molecule has 0 spiro atoms. The van der Waals surface area contributed by atoms with Crippen LogP contribution in [0.25, 0.3) is 0 Å². The van der Waals surface area contributed by atoms with Gasteiger partial charge in [0.2, 0.25) is 0 Å². The maximum Gasteiger partial charge on any atom is 0.189 e. The van der Waals surface area contributed by atoms with Crippen LogP contribution in [0.15, 0.2) is 29.3 Å². The molecular formula is C16H26N4. The van der Waals surface area contributed by atoms with Crippen LogP contribution in [0.1, 0.15) is 50.3 Å². The summed E-state index contributed by atoms with van der Waals surface area (Å²) in [4.78, 5) is 6.87. The highest BCUT2D eigenvalue weighted by molar-refractivity contribution is 5.77. The number of guanidine groups is 1. The van der Waals surface area contributed by atoms with Crippen LogP contribution in [-0.4, -0.2) is 24.1 Å². The smallest absolute Gasteiger partial charge is 0.189 e. The van der Waals surface area contributed by atoms with E-state index in [-0.39, 0.29) is 0 Å². The molecule has 0 aromatic heterocycles. The van der Waals surface area contributed by atoms with Gasteiger partial charge in [-0.15, -0.1) is 0 Å². The Morgan fingerprint density at radius 2 is 2.20 bits per heavy atom. The number of unbranched alkanes of at least 4 members (excludes halogenated alkanes) is 1. The first-order chi connectivity index (χ1) is 9.76. The molecule has 1 atom stereocenters. The SMILES string of the molecule is CCCCC1c2ccccc2CN1CN=C(N)NCC. The molecule has 20 heavy (non-hydrogen) atoms. The van der Waals surface area contributed by atoms with E-state index < -0.39 is 0 Å². The minimum atomic E-state index is 0.490. The van der Waals surface area contributed by atoms with Crippen molar-refractivity contribution < 1.29 is 0 Å². The summed E-state index contributed by atoms with van der Waals surface area (Å²) >= 11 is 0. The van der Waals surface area contributed by atoms with Crippen molar-refractivity contribution in [1.29, 1.82) is 0 Å². The number of aliphatic imine (C=N–C) groups is 1. The lowest BCUT2D eigenvalue weighted by atomic mass is 10.0. The van der Waals surface area contributed by atoms with E-state index in [4.69, 9.17) is 5.73 Å². The average Bonchev–Trinajstić information content (AvgIpc) is 2.81. The number of fused-ring (bicyclic) bond motifs is 1. The fourth-order valence-electron chi connectivity index (χ4n) is 2.82. The van der Waals surface area contributed by atoms with Crippen LogP contribution in [0.5, 0.6) is 0 Å². The number of nitrogens with one attached hydrogen (secondary N) is 1. The molecule has 1 unspecified atom stereocenters. The van der Waals surface area contributed by atoms with E-state index >= 15 is 0 Å². The third kappa shape index (κ3) is 3.51. The van der Waals surface area contributed by atoms with Gasteiger partial charge in [0.05, 0.1) is 6.67 Å². The summed E-state index contributed by atoms with van der Waals surface area (Å²) in [6.07, 6.45) is 3.68. The Bertz CT molecular complexity index is 456. The van der Waals surface area contributed by atoms with E-state index in [1.165, 1.54) is 30.4 Å². The molecule has 0 amide bonds. The van der Waals surface area contributed by atoms with Crippen molar-refractivity contribution in [3.63, 3.8) is 0 Å². The first-order valence-electron chi connectivity index (χ1n) is 7.61. The first-order valence-corrected chi connectivity index (χ1v) is 7.61. The Kier molecular flexibility index (Phi) is 5.41. The monoisotopic (exact) mass is 274 g/mol. The zero-order valence-electron chi connectivity index (χ0n) is 12.6. The first kappa shape index (κ1) is 14.9. The normalized spacial score (nSPS) is 19.1. The second kappa shape index (κ2) is 7.29. The van der Waals surface area contributed by atoms with Crippen molar-refractivity contribution in [1.82, 2.24) is 10.2 Å². The molecule has 0 fully saturated rings. The molecule has 4 nitrogen and oxygen atoms in total. The number of benzene rings is 1. The Labute approximate surface area is 122 Å². The van der Waals surface area contributed by atoms with Crippen LogP contribution < -0.4 is 11.1 Å². The average molecular weight is 274 g/mol. The van der Waals surface area contributed by atoms with Crippen molar-refractivity contribution >= 4 is 5.96 Å². The van der Waals surface area contributed by atoms with E-state index in [0.29, 0.717) is 18.7 Å². The van der Waals surface area contributed by atoms with Crippen LogP contribution in [0, 0.1) is 0 Å². The highest BCUT2D eigenvalue weighted by Gasteiger charge is 2.28. The van der Waals surface area contributed by atoms with Gasteiger partial charge in [-0.05, 0) is 24.5 Å². The van der Waals surface area contributed by atoms with E-state index in [9.17, 15) is 0 Å². The maximum atomic E-state index is 5.83. The van der Waals surface area contributed by atoms with Gasteiger partial charge in [-0.2, -0.15) is 0 Å². The maximum absolute atomic E-state index is 5.83. The molecule has 1 heterocycles. The summed E-state index contributed by atoms with van der Waals surface area (Å²) in [7, 11) is 0. The van der Waals surface area contributed by atoms with Gasteiger partial charge in [-0.1, -0.05) is 44.0 Å². The molecule has 1 aliphatic rings. The summed E-state index contributed by atoms with van der Waals surface area (Å²) in [6, 6.07) is 9.23. The summed E-state index contributed by atoms with van der Waals surface area (Å²) in [5.74, 6) is 0.540. The highest BCUT2D eigenvalue weighted by atomic mass is 15.3. The van der Waals surface area contributed by atoms with Crippen molar-refractivity contribution in [3.8, 4) is 0 Å². The lowest BCUT2D eigenvalue weighted by Gasteiger charge is -2.23. The molecule has 1 aromatic carbocycles. The van der Waals surface area contributed by atoms with Crippen molar-refractivity contribution in [2.24, 2.45) is 10.7 Å². The zero-order valence-corrected chi connectivity index (χ0v) is 12.6. The minimum Gasteiger partial charge on any atom is -0.370 e. The second-order valence-electron chi connectivity index (χ2n) is 5.32. The topological polar surface area (TPSA) is 53.6 Å². The number of hydrogen-bond donors (Lipinski definition) is 2. The van der Waals surface area contributed by atoms with E-state index in [2.05, 4.69) is 46.4 Å². The van der Waals surface area contributed by atoms with Crippen LogP contribution >= 0.6 is 0 Å². The molecule has 0 saturated carbocycles. The lowest BCUT2D eigenvalue weighted by Crippen LogP contribution is -2.33. The molecular weight excluding hydrogens is 248 g/mol. The summed E-state index contributed by atoms with van der Waals surface area (Å²) in [5, 5.41) is 3.05. The fourth-order valence-corrected chi connectivity index (χ4v) is 2.82. The van der Waals surface area contributed by atoms with Crippen LogP contribution in [0.4, 0.5) is 0 Å². The van der Waals surface area contributed by atoms with Crippen molar-refractivity contribution in [2.75, 3.05) is 13.2 Å². The quantitative estimate of drug-likeness (QED) is 0.619. The largest absolute Gasteiger partial charge is 0.370 e. The van der Waals surface area contributed by atoms with E-state index in [1.807, 2.05) is 6.92 Å². The third-order valence-electron chi connectivity index (χ3n) is 3.84. The van der Waals surface area contributed by atoms with Gasteiger partial charge < -0.3 is 11.1 Å². The van der Waals surface area contributed by atoms with Crippen LogP contribution in [0.3, 0.4) is 0 Å². The van der Waals surface area contributed by atoms with Crippen molar-refractivity contribution in [2.45, 2.75) is 45.7 Å². The second-order valence-corrected chi connectivity index (χ2v) is 5.32. The van der Waals surface area contributed by atoms with Crippen LogP contribution in [0.2, 0.25) is 0 Å². The summed E-state index contributed by atoms with van der Waals surface area (Å²) in [6.45, 7) is 6.73. The predicted molar refractivity (Wildman–Crippen MR) is 84.4 cm³/mol. The standard InChI is InChI=1S/C16H26N4/c1-3-5-10-15-14-9-7-6-8-13(14)11-20(15)12-19-16(17)18-4-2/h6-9,15H,3-5,10-12H2,1-2H3,(H3,17,18,19). The number of hydrogen-bond acceptors (Lipinski definition) is 2. The summed E-state index contributed by atoms with van der Waals surface area (Å²) in [5.41, 5.74) is 8.73. The molecule has 2 rings (SSSR count). The van der Waals surface area contributed by atoms with E-state index in [0.717, 1.165) is 13.1 Å². The predicted octanol–water partition coefficient (Wildman–Crippen LogP) is 2.62. The van der Waals surface area contributed by atoms with Crippen LogP contribution in [-0.2, 0) is 6.54 Å². The lowest BCUT2D eigenvalue weighted by molar-refractivity contribution is 0.209. The highest BCUT2D eigenvalue weighted by Crippen LogP contribution is 2.36. The zero-order chi connectivity index (χ0) is 14.4. The Morgan fingerprint density at radius 1 is 1.40 bits per heavy atom. The molecule has 0 saturated heterocycles.